The van der Waals surface area contributed by atoms with E-state index in [9.17, 15) is 9.59 Å². The Morgan fingerprint density at radius 1 is 0.971 bits per heavy atom. The molecule has 1 atom stereocenters. The summed E-state index contributed by atoms with van der Waals surface area (Å²) in [5.41, 5.74) is 2.37. The maximum Gasteiger partial charge on any atom is 0.262 e. The number of thiophene rings is 1. The van der Waals surface area contributed by atoms with E-state index in [1.54, 1.807) is 49.8 Å². The highest BCUT2D eigenvalue weighted by Gasteiger charge is 2.23. The molecule has 178 valence electrons. The van der Waals surface area contributed by atoms with Crippen molar-refractivity contribution in [3.8, 4) is 11.5 Å². The number of hydrogen-bond donors (Lipinski definition) is 2. The molecule has 0 saturated carbocycles. The lowest BCUT2D eigenvalue weighted by Crippen LogP contribution is -2.45. The van der Waals surface area contributed by atoms with E-state index in [1.165, 1.54) is 11.3 Å². The fourth-order valence-corrected chi connectivity index (χ4v) is 4.06. The predicted octanol–water partition coefficient (Wildman–Crippen LogP) is 4.71. The summed E-state index contributed by atoms with van der Waals surface area (Å²) >= 11 is 1.33. The first-order chi connectivity index (χ1) is 17.1. The van der Waals surface area contributed by atoms with E-state index in [0.29, 0.717) is 35.1 Å². The summed E-state index contributed by atoms with van der Waals surface area (Å²) in [5, 5.41) is 7.60. The van der Waals surface area contributed by atoms with Crippen LogP contribution in [0.15, 0.2) is 90.6 Å². The number of carbonyl (C=O) groups excluding carboxylic acids is 2. The second kappa shape index (κ2) is 11.8. The second-order valence-corrected chi connectivity index (χ2v) is 8.65. The third kappa shape index (κ3) is 6.68. The minimum absolute atomic E-state index is 0.286. The van der Waals surface area contributed by atoms with Crippen molar-refractivity contribution < 1.29 is 19.1 Å². The number of amides is 2. The molecule has 0 aliphatic heterocycles. The largest absolute Gasteiger partial charge is 0.493 e. The predicted molar refractivity (Wildman–Crippen MR) is 136 cm³/mol. The first-order valence-corrected chi connectivity index (χ1v) is 11.9. The fraction of sp³-hybridized carbons (Fsp3) is 0.148. The van der Waals surface area contributed by atoms with Crippen molar-refractivity contribution in [2.45, 2.75) is 19.1 Å². The normalized spacial score (nSPS) is 11.3. The van der Waals surface area contributed by atoms with Gasteiger partial charge in [-0.05, 0) is 35.2 Å². The molecule has 0 aliphatic carbocycles. The summed E-state index contributed by atoms with van der Waals surface area (Å²) in [6.07, 6.45) is 3.77. The Morgan fingerprint density at radius 3 is 2.51 bits per heavy atom. The molecule has 4 rings (SSSR count). The zero-order valence-electron chi connectivity index (χ0n) is 19.1. The SMILES string of the molecule is COc1ccc(NC(=O)C(Cc2ccccc2)NC(=O)c2cccs2)cc1OCc1cccnc1. The summed E-state index contributed by atoms with van der Waals surface area (Å²) in [6.45, 7) is 0.301. The molecular formula is C27H25N3O4S. The third-order valence-corrected chi connectivity index (χ3v) is 6.07. The Labute approximate surface area is 207 Å². The van der Waals surface area contributed by atoms with Gasteiger partial charge in [0.15, 0.2) is 11.5 Å². The van der Waals surface area contributed by atoms with E-state index in [0.717, 1.165) is 11.1 Å². The van der Waals surface area contributed by atoms with Crippen LogP contribution in [0.5, 0.6) is 11.5 Å². The van der Waals surface area contributed by atoms with Crippen LogP contribution in [0, 0.1) is 0 Å². The minimum atomic E-state index is -0.770. The average molecular weight is 488 g/mol. The fourth-order valence-electron chi connectivity index (χ4n) is 3.44. The van der Waals surface area contributed by atoms with Crippen LogP contribution >= 0.6 is 11.3 Å². The van der Waals surface area contributed by atoms with Crippen molar-refractivity contribution in [3.05, 3.63) is 107 Å². The molecule has 8 heteroatoms. The van der Waals surface area contributed by atoms with Crippen LogP contribution < -0.4 is 20.1 Å². The smallest absolute Gasteiger partial charge is 0.262 e. The van der Waals surface area contributed by atoms with Crippen molar-refractivity contribution in [1.82, 2.24) is 10.3 Å². The molecule has 0 fully saturated rings. The molecule has 1 unspecified atom stereocenters. The molecule has 0 spiro atoms. The number of aromatic nitrogens is 1. The molecule has 0 bridgehead atoms. The zero-order valence-corrected chi connectivity index (χ0v) is 20.0. The van der Waals surface area contributed by atoms with Gasteiger partial charge in [-0.3, -0.25) is 14.6 Å². The van der Waals surface area contributed by atoms with E-state index < -0.39 is 6.04 Å². The molecule has 35 heavy (non-hydrogen) atoms. The third-order valence-electron chi connectivity index (χ3n) is 5.20. The Morgan fingerprint density at radius 2 is 1.80 bits per heavy atom. The van der Waals surface area contributed by atoms with E-state index >= 15 is 0 Å². The van der Waals surface area contributed by atoms with Crippen LogP contribution in [0.2, 0.25) is 0 Å². The number of pyridine rings is 1. The average Bonchev–Trinajstić information content (AvgIpc) is 3.44. The number of hydrogen-bond acceptors (Lipinski definition) is 6. The number of anilines is 1. The van der Waals surface area contributed by atoms with Crippen molar-refractivity contribution in [2.75, 3.05) is 12.4 Å². The van der Waals surface area contributed by atoms with Gasteiger partial charge in [0.05, 0.1) is 12.0 Å². The highest BCUT2D eigenvalue weighted by molar-refractivity contribution is 7.12. The first-order valence-electron chi connectivity index (χ1n) is 11.0. The van der Waals surface area contributed by atoms with Gasteiger partial charge >= 0.3 is 0 Å². The van der Waals surface area contributed by atoms with Crippen LogP contribution in [0.25, 0.3) is 0 Å². The van der Waals surface area contributed by atoms with Gasteiger partial charge in [0.2, 0.25) is 5.91 Å². The van der Waals surface area contributed by atoms with Crippen molar-refractivity contribution in [3.63, 3.8) is 0 Å². The van der Waals surface area contributed by atoms with Crippen LogP contribution in [0.3, 0.4) is 0 Å². The maximum absolute atomic E-state index is 13.3. The van der Waals surface area contributed by atoms with E-state index in [4.69, 9.17) is 9.47 Å². The molecule has 4 aromatic rings. The lowest BCUT2D eigenvalue weighted by Gasteiger charge is -2.19. The molecule has 2 heterocycles. The van der Waals surface area contributed by atoms with Crippen molar-refractivity contribution in [1.29, 1.82) is 0 Å². The van der Waals surface area contributed by atoms with Crippen molar-refractivity contribution in [2.24, 2.45) is 0 Å². The number of carbonyl (C=O) groups is 2. The number of ether oxygens (including phenoxy) is 2. The summed E-state index contributed by atoms with van der Waals surface area (Å²) in [7, 11) is 1.56. The van der Waals surface area contributed by atoms with E-state index in [2.05, 4.69) is 15.6 Å². The summed E-state index contributed by atoms with van der Waals surface area (Å²) < 4.78 is 11.3. The number of nitrogens with zero attached hydrogens (tertiary/aromatic N) is 1. The van der Waals surface area contributed by atoms with Gasteiger partial charge in [-0.15, -0.1) is 11.3 Å². The van der Waals surface area contributed by atoms with Crippen LogP contribution in [0.4, 0.5) is 5.69 Å². The summed E-state index contributed by atoms with van der Waals surface area (Å²) in [4.78, 5) is 30.6. The highest BCUT2D eigenvalue weighted by atomic mass is 32.1. The van der Waals surface area contributed by atoms with Gasteiger partial charge in [-0.2, -0.15) is 0 Å². The zero-order chi connectivity index (χ0) is 24.5. The van der Waals surface area contributed by atoms with Gasteiger partial charge in [-0.1, -0.05) is 42.5 Å². The summed E-state index contributed by atoms with van der Waals surface area (Å²) in [6, 6.07) is 21.2. The van der Waals surface area contributed by atoms with Gasteiger partial charge in [0.25, 0.3) is 5.91 Å². The number of rotatable bonds is 10. The topological polar surface area (TPSA) is 89.6 Å². The molecule has 2 aromatic carbocycles. The van der Waals surface area contributed by atoms with E-state index in [1.807, 2.05) is 47.8 Å². The van der Waals surface area contributed by atoms with Crippen molar-refractivity contribution >= 4 is 28.8 Å². The number of nitrogens with one attached hydrogen (secondary N) is 2. The molecule has 2 aromatic heterocycles. The Kier molecular flexibility index (Phi) is 8.08. The Bertz CT molecular complexity index is 1250. The van der Waals surface area contributed by atoms with E-state index in [-0.39, 0.29) is 11.8 Å². The standard InChI is InChI=1S/C27H25N3O4S/c1-33-23-12-11-21(16-24(23)34-18-20-9-5-13-28-17-20)29-26(31)22(15-19-7-3-2-4-8-19)30-27(32)25-10-6-14-35-25/h2-14,16-17,22H,15,18H2,1H3,(H,29,31)(H,30,32). The molecule has 2 N–H and O–H groups in total. The van der Waals surface area contributed by atoms with Crippen LogP contribution in [0.1, 0.15) is 20.8 Å². The van der Waals surface area contributed by atoms with Gasteiger partial charge in [-0.25, -0.2) is 0 Å². The number of methoxy groups -OCH3 is 1. The lowest BCUT2D eigenvalue weighted by molar-refractivity contribution is -0.118. The van der Waals surface area contributed by atoms with Gasteiger partial charge in [0, 0.05) is 36.1 Å². The molecule has 0 radical (unpaired) electrons. The molecule has 0 aliphatic rings. The molecule has 0 saturated heterocycles. The van der Waals surface area contributed by atoms with Gasteiger partial charge < -0.3 is 20.1 Å². The Hall–Kier alpha value is -4.17. The lowest BCUT2D eigenvalue weighted by atomic mass is 10.0. The second-order valence-electron chi connectivity index (χ2n) is 7.70. The van der Waals surface area contributed by atoms with Gasteiger partial charge in [0.1, 0.15) is 12.6 Å². The molecule has 7 nitrogen and oxygen atoms in total. The monoisotopic (exact) mass is 487 g/mol. The number of benzene rings is 2. The maximum atomic E-state index is 13.3. The molecular weight excluding hydrogens is 462 g/mol. The minimum Gasteiger partial charge on any atom is -0.493 e. The highest BCUT2D eigenvalue weighted by Crippen LogP contribution is 2.31. The first kappa shape index (κ1) is 24.0. The van der Waals surface area contributed by atoms with Crippen LogP contribution in [-0.2, 0) is 17.8 Å². The van der Waals surface area contributed by atoms with Crippen LogP contribution in [-0.4, -0.2) is 29.9 Å². The molecule has 2 amide bonds. The Balaban J connectivity index is 1.50. The summed E-state index contributed by atoms with van der Waals surface area (Å²) in [5.74, 6) is 0.406. The quantitative estimate of drug-likeness (QED) is 0.338.